The molecule has 19 heavy (non-hydrogen) atoms. The van der Waals surface area contributed by atoms with Gasteiger partial charge in [0, 0.05) is 5.56 Å². The second-order valence-corrected chi connectivity index (χ2v) is 4.86. The van der Waals surface area contributed by atoms with Crippen molar-refractivity contribution < 1.29 is 18.7 Å². The highest BCUT2D eigenvalue weighted by Crippen LogP contribution is 2.20. The van der Waals surface area contributed by atoms with E-state index >= 15 is 0 Å². The molecule has 1 aromatic rings. The van der Waals surface area contributed by atoms with Crippen LogP contribution in [0.1, 0.15) is 36.7 Å². The molecule has 0 heterocycles. The van der Waals surface area contributed by atoms with Gasteiger partial charge in [-0.2, -0.15) is 0 Å². The van der Waals surface area contributed by atoms with Crippen molar-refractivity contribution in [1.29, 1.82) is 0 Å². The van der Waals surface area contributed by atoms with E-state index in [0.717, 1.165) is 6.07 Å². The van der Waals surface area contributed by atoms with E-state index in [1.807, 2.05) is 0 Å². The van der Waals surface area contributed by atoms with Crippen LogP contribution in [0, 0.1) is 24.6 Å². The number of aryl methyl sites for hydroxylation is 1. The second kappa shape index (κ2) is 6.45. The largest absolute Gasteiger partial charge is 0.465 e. The fourth-order valence-corrected chi connectivity index (χ4v) is 1.97. The standard InChI is InChI=1S/C15H19FO3/c1-5-19-15(18)13(9(2)3)14(17)11-6-10(4)7-12(16)8-11/h6-9,13H,5H2,1-4H3. The first-order valence-corrected chi connectivity index (χ1v) is 6.34. The molecule has 0 aliphatic rings. The third-order valence-electron chi connectivity index (χ3n) is 2.82. The highest BCUT2D eigenvalue weighted by Gasteiger charge is 2.32. The second-order valence-electron chi connectivity index (χ2n) is 4.86. The minimum absolute atomic E-state index is 0.199. The molecule has 0 radical (unpaired) electrons. The molecule has 0 aliphatic carbocycles. The number of rotatable bonds is 5. The Hall–Kier alpha value is -1.71. The maximum absolute atomic E-state index is 13.3. The summed E-state index contributed by atoms with van der Waals surface area (Å²) in [5, 5.41) is 0. The summed E-state index contributed by atoms with van der Waals surface area (Å²) in [6, 6.07) is 4.08. The molecule has 0 N–H and O–H groups in total. The van der Waals surface area contributed by atoms with Gasteiger partial charge in [-0.1, -0.05) is 13.8 Å². The molecular weight excluding hydrogens is 247 g/mol. The van der Waals surface area contributed by atoms with Crippen LogP contribution in [0.4, 0.5) is 4.39 Å². The highest BCUT2D eigenvalue weighted by molar-refractivity contribution is 6.08. The molecule has 104 valence electrons. The van der Waals surface area contributed by atoms with Crippen molar-refractivity contribution in [3.05, 3.63) is 35.1 Å². The van der Waals surface area contributed by atoms with Crippen molar-refractivity contribution in [2.45, 2.75) is 27.7 Å². The molecule has 0 bridgehead atoms. The van der Waals surface area contributed by atoms with E-state index in [1.165, 1.54) is 6.07 Å². The lowest BCUT2D eigenvalue weighted by molar-refractivity contribution is -0.147. The molecule has 1 atom stereocenters. The van der Waals surface area contributed by atoms with Crippen molar-refractivity contribution in [2.75, 3.05) is 6.61 Å². The third-order valence-corrected chi connectivity index (χ3v) is 2.82. The first kappa shape index (κ1) is 15.3. The minimum atomic E-state index is -0.888. The van der Waals surface area contributed by atoms with E-state index in [9.17, 15) is 14.0 Å². The van der Waals surface area contributed by atoms with Gasteiger partial charge in [-0.3, -0.25) is 9.59 Å². The molecular formula is C15H19FO3. The summed E-state index contributed by atoms with van der Waals surface area (Å²) in [5.41, 5.74) is 0.860. The van der Waals surface area contributed by atoms with E-state index in [-0.39, 0.29) is 18.1 Å². The Balaban J connectivity index is 3.09. The van der Waals surface area contributed by atoms with Crippen molar-refractivity contribution in [1.82, 2.24) is 0 Å². The maximum Gasteiger partial charge on any atom is 0.317 e. The van der Waals surface area contributed by atoms with Crippen molar-refractivity contribution in [2.24, 2.45) is 11.8 Å². The molecule has 0 aliphatic heterocycles. The number of ether oxygens (including phenoxy) is 1. The number of halogens is 1. The van der Waals surface area contributed by atoms with Crippen LogP contribution in [0.2, 0.25) is 0 Å². The predicted octanol–water partition coefficient (Wildman–Crippen LogP) is 3.15. The molecule has 0 spiro atoms. The van der Waals surface area contributed by atoms with Gasteiger partial charge < -0.3 is 4.74 Å². The van der Waals surface area contributed by atoms with Crippen LogP contribution in [0.5, 0.6) is 0 Å². The average molecular weight is 266 g/mol. The number of carbonyl (C=O) groups is 2. The number of benzene rings is 1. The van der Waals surface area contributed by atoms with Gasteiger partial charge in [0.05, 0.1) is 6.61 Å². The van der Waals surface area contributed by atoms with Crippen LogP contribution in [0.15, 0.2) is 18.2 Å². The Morgan fingerprint density at radius 2 is 1.89 bits per heavy atom. The molecule has 1 rings (SSSR count). The average Bonchev–Trinajstić information content (AvgIpc) is 2.27. The van der Waals surface area contributed by atoms with Gasteiger partial charge in [0.2, 0.25) is 0 Å². The smallest absolute Gasteiger partial charge is 0.317 e. The predicted molar refractivity (Wildman–Crippen MR) is 70.4 cm³/mol. The molecule has 0 fully saturated rings. The molecule has 3 nitrogen and oxygen atoms in total. The molecule has 0 saturated carbocycles. The lowest BCUT2D eigenvalue weighted by Gasteiger charge is -2.18. The molecule has 4 heteroatoms. The Morgan fingerprint density at radius 1 is 1.26 bits per heavy atom. The molecule has 0 amide bonds. The van der Waals surface area contributed by atoms with Gasteiger partial charge in [-0.15, -0.1) is 0 Å². The van der Waals surface area contributed by atoms with E-state index in [4.69, 9.17) is 4.74 Å². The van der Waals surface area contributed by atoms with E-state index in [1.54, 1.807) is 33.8 Å². The van der Waals surface area contributed by atoms with Crippen LogP contribution in [-0.2, 0) is 9.53 Å². The van der Waals surface area contributed by atoms with Gasteiger partial charge in [0.1, 0.15) is 11.7 Å². The number of carbonyl (C=O) groups excluding carboxylic acids is 2. The Labute approximate surface area is 112 Å². The zero-order valence-corrected chi connectivity index (χ0v) is 11.7. The molecule has 1 aromatic carbocycles. The van der Waals surface area contributed by atoms with Crippen molar-refractivity contribution >= 4 is 11.8 Å². The van der Waals surface area contributed by atoms with E-state index < -0.39 is 23.5 Å². The Kier molecular flexibility index (Phi) is 5.21. The topological polar surface area (TPSA) is 43.4 Å². The highest BCUT2D eigenvalue weighted by atomic mass is 19.1. The van der Waals surface area contributed by atoms with Gasteiger partial charge in [-0.05, 0) is 43.5 Å². The summed E-state index contributed by atoms with van der Waals surface area (Å²) in [7, 11) is 0. The maximum atomic E-state index is 13.3. The van der Waals surface area contributed by atoms with Crippen LogP contribution < -0.4 is 0 Å². The van der Waals surface area contributed by atoms with Crippen LogP contribution in [0.3, 0.4) is 0 Å². The van der Waals surface area contributed by atoms with Crippen molar-refractivity contribution in [3.63, 3.8) is 0 Å². The number of Topliss-reactive ketones (excluding diaryl/α,β-unsaturated/α-hetero) is 1. The van der Waals surface area contributed by atoms with Crippen LogP contribution >= 0.6 is 0 Å². The zero-order valence-electron chi connectivity index (χ0n) is 11.7. The lowest BCUT2D eigenvalue weighted by atomic mass is 9.87. The van der Waals surface area contributed by atoms with Crippen LogP contribution in [0.25, 0.3) is 0 Å². The zero-order chi connectivity index (χ0) is 14.6. The van der Waals surface area contributed by atoms with Gasteiger partial charge in [0.25, 0.3) is 0 Å². The minimum Gasteiger partial charge on any atom is -0.465 e. The van der Waals surface area contributed by atoms with E-state index in [0.29, 0.717) is 5.56 Å². The number of ketones is 1. The Bertz CT molecular complexity index is 460. The first-order chi connectivity index (χ1) is 8.86. The summed E-state index contributed by atoms with van der Waals surface area (Å²) in [6.45, 7) is 7.15. The summed E-state index contributed by atoms with van der Waals surface area (Å²) in [5.74, 6) is -2.51. The summed E-state index contributed by atoms with van der Waals surface area (Å²) >= 11 is 0. The molecule has 0 saturated heterocycles. The lowest BCUT2D eigenvalue weighted by Crippen LogP contribution is -2.31. The quantitative estimate of drug-likeness (QED) is 0.467. The SMILES string of the molecule is CCOC(=O)C(C(=O)c1cc(C)cc(F)c1)C(C)C. The fraction of sp³-hybridized carbons (Fsp3) is 0.467. The number of esters is 1. The van der Waals surface area contributed by atoms with Gasteiger partial charge >= 0.3 is 5.97 Å². The Morgan fingerprint density at radius 3 is 2.37 bits per heavy atom. The third kappa shape index (κ3) is 3.88. The normalized spacial score (nSPS) is 12.3. The summed E-state index contributed by atoms with van der Waals surface area (Å²) < 4.78 is 18.2. The summed E-state index contributed by atoms with van der Waals surface area (Å²) in [4.78, 5) is 24.2. The first-order valence-electron chi connectivity index (χ1n) is 6.34. The van der Waals surface area contributed by atoms with Gasteiger partial charge in [0.15, 0.2) is 5.78 Å². The van der Waals surface area contributed by atoms with Gasteiger partial charge in [-0.25, -0.2) is 4.39 Å². The molecule has 1 unspecified atom stereocenters. The fourth-order valence-electron chi connectivity index (χ4n) is 1.97. The van der Waals surface area contributed by atoms with Crippen LogP contribution in [-0.4, -0.2) is 18.4 Å². The molecule has 0 aromatic heterocycles. The van der Waals surface area contributed by atoms with Crippen molar-refractivity contribution in [3.8, 4) is 0 Å². The summed E-state index contributed by atoms with van der Waals surface area (Å²) in [6.07, 6.45) is 0. The number of hydrogen-bond donors (Lipinski definition) is 0. The monoisotopic (exact) mass is 266 g/mol. The van der Waals surface area contributed by atoms with E-state index in [2.05, 4.69) is 0 Å². The number of hydrogen-bond acceptors (Lipinski definition) is 3.